The molecule has 7 heteroatoms. The maximum Gasteiger partial charge on any atom is 0.335 e. The minimum absolute atomic E-state index is 0. The first-order valence-corrected chi connectivity index (χ1v) is 5.70. The van der Waals surface area contributed by atoms with Gasteiger partial charge in [0, 0.05) is 7.13 Å². The van der Waals surface area contributed by atoms with E-state index >= 15 is 0 Å². The molecule has 0 aromatic carbocycles. The van der Waals surface area contributed by atoms with E-state index in [0.29, 0.717) is 0 Å². The molecule has 0 heterocycles. The molecular formula is C14H24O7. The van der Waals surface area contributed by atoms with Gasteiger partial charge in [-0.15, -0.1) is 0 Å². The van der Waals surface area contributed by atoms with Crippen molar-refractivity contribution >= 4 is 11.8 Å². The lowest BCUT2D eigenvalue weighted by Gasteiger charge is -2.23. The summed E-state index contributed by atoms with van der Waals surface area (Å²) in [6.45, 7) is 1.58. The number of Topliss-reactive ketones (excluding diaryl/α,β-unsaturated/α-hetero) is 1. The van der Waals surface area contributed by atoms with Gasteiger partial charge in [0.2, 0.25) is 0 Å². The molecule has 0 amide bonds. The van der Waals surface area contributed by atoms with Crippen molar-refractivity contribution in [1.82, 2.24) is 0 Å². The molecule has 0 unspecified atom stereocenters. The Bertz CT molecular complexity index is 580. The molecule has 0 aliphatic carbocycles. The van der Waals surface area contributed by atoms with Crippen LogP contribution in [0.4, 0.5) is 0 Å². The van der Waals surface area contributed by atoms with E-state index in [4.69, 9.17) is 10.2 Å². The van der Waals surface area contributed by atoms with Gasteiger partial charge in [0.15, 0.2) is 11.9 Å². The summed E-state index contributed by atoms with van der Waals surface area (Å²) in [5.74, 6) is 11.4. The third-order valence-electron chi connectivity index (χ3n) is 2.24. The van der Waals surface area contributed by atoms with Crippen LogP contribution >= 0.6 is 0 Å². The Morgan fingerprint density at radius 2 is 1.48 bits per heavy atom. The van der Waals surface area contributed by atoms with Gasteiger partial charge in [0.1, 0.15) is 18.3 Å². The average Bonchev–Trinajstić information content (AvgIpc) is 2.47. The van der Waals surface area contributed by atoms with E-state index in [-0.39, 0.29) is 7.13 Å². The van der Waals surface area contributed by atoms with Gasteiger partial charge in [-0.25, -0.2) is 4.79 Å². The molecule has 0 rings (SSSR count). The number of hydrogen-bond donors (Lipinski definition) is 5. The molecule has 0 bridgehead atoms. The van der Waals surface area contributed by atoms with Crippen molar-refractivity contribution in [2.24, 2.45) is 0 Å². The SMILES string of the molecule is CC#CC#CC#CCC(=O)[C@@H](O)[C@H](O)[C@@H](O)[C@@H](O)C(=O)O.[HH].[HH].[HH].[HH].[HH]. The van der Waals surface area contributed by atoms with Crippen LogP contribution in [0, 0.1) is 35.5 Å². The van der Waals surface area contributed by atoms with Gasteiger partial charge in [-0.05, 0) is 30.6 Å². The zero-order chi connectivity index (χ0) is 16.4. The van der Waals surface area contributed by atoms with Crippen molar-refractivity contribution in [2.75, 3.05) is 0 Å². The molecular weight excluding hydrogens is 280 g/mol. The second-order valence-corrected chi connectivity index (χ2v) is 3.78. The van der Waals surface area contributed by atoms with Crippen molar-refractivity contribution in [2.45, 2.75) is 37.8 Å². The van der Waals surface area contributed by atoms with Crippen LogP contribution < -0.4 is 0 Å². The fourth-order valence-corrected chi connectivity index (χ4v) is 1.12. The number of rotatable bonds is 6. The van der Waals surface area contributed by atoms with Crippen LogP contribution in [0.15, 0.2) is 0 Å². The third-order valence-corrected chi connectivity index (χ3v) is 2.24. The fraction of sp³-hybridized carbons (Fsp3) is 0.429. The normalized spacial score (nSPS) is 14.7. The topological polar surface area (TPSA) is 135 Å². The maximum absolute atomic E-state index is 11.4. The van der Waals surface area contributed by atoms with Crippen LogP contribution in [-0.2, 0) is 9.59 Å². The van der Waals surface area contributed by atoms with Gasteiger partial charge in [-0.2, -0.15) is 0 Å². The Balaban J connectivity index is -0.000000200. The number of carboxylic acids is 1. The van der Waals surface area contributed by atoms with E-state index < -0.39 is 42.6 Å². The number of carboxylic acid groups (broad SMARTS) is 1. The summed E-state index contributed by atoms with van der Waals surface area (Å²) in [5.41, 5.74) is 0. The molecule has 0 saturated carbocycles. The highest BCUT2D eigenvalue weighted by molar-refractivity contribution is 5.86. The standard InChI is InChI=1S/C14H14O7.5H2/c1-2-3-4-5-6-7-8-9(15)10(16)11(17)12(18)13(19)14(20)21;;;;;/h10-13,16-19H,8H2,1H3,(H,20,21);5*1H/t10-,11+,12-,13-;;;;;/m1...../s1. The van der Waals surface area contributed by atoms with Crippen molar-refractivity contribution in [1.29, 1.82) is 0 Å². The smallest absolute Gasteiger partial charge is 0.335 e. The molecule has 0 aromatic heterocycles. The second-order valence-electron chi connectivity index (χ2n) is 3.78. The zero-order valence-electron chi connectivity index (χ0n) is 11.1. The quantitative estimate of drug-likeness (QED) is 0.386. The van der Waals surface area contributed by atoms with Crippen LogP contribution in [0.2, 0.25) is 0 Å². The summed E-state index contributed by atoms with van der Waals surface area (Å²) >= 11 is 0. The highest BCUT2D eigenvalue weighted by atomic mass is 16.4. The van der Waals surface area contributed by atoms with E-state index in [2.05, 4.69) is 35.5 Å². The summed E-state index contributed by atoms with van der Waals surface area (Å²) in [7, 11) is 0. The van der Waals surface area contributed by atoms with Crippen molar-refractivity contribution in [3.63, 3.8) is 0 Å². The first-order valence-electron chi connectivity index (χ1n) is 5.70. The van der Waals surface area contributed by atoms with Gasteiger partial charge >= 0.3 is 5.97 Å². The molecule has 0 aliphatic rings. The highest BCUT2D eigenvalue weighted by Crippen LogP contribution is 2.07. The van der Waals surface area contributed by atoms with Gasteiger partial charge in [0.25, 0.3) is 0 Å². The first-order chi connectivity index (χ1) is 9.82. The molecule has 0 saturated heterocycles. The molecule has 4 atom stereocenters. The summed E-state index contributed by atoms with van der Waals surface area (Å²) in [6, 6.07) is 0. The number of aliphatic hydroxyl groups is 4. The molecule has 122 valence electrons. The zero-order valence-corrected chi connectivity index (χ0v) is 11.1. The Morgan fingerprint density at radius 1 is 0.952 bits per heavy atom. The number of ketones is 1. The minimum Gasteiger partial charge on any atom is -0.479 e. The molecule has 0 spiro atoms. The third kappa shape index (κ3) is 6.58. The van der Waals surface area contributed by atoms with Crippen molar-refractivity contribution in [3.05, 3.63) is 0 Å². The summed E-state index contributed by atoms with van der Waals surface area (Å²) in [5, 5.41) is 45.6. The highest BCUT2D eigenvalue weighted by Gasteiger charge is 2.36. The molecule has 5 N–H and O–H groups in total. The number of carbonyl (C=O) groups excluding carboxylic acids is 1. The largest absolute Gasteiger partial charge is 0.479 e. The Morgan fingerprint density at radius 3 is 2.00 bits per heavy atom. The maximum atomic E-state index is 11.4. The summed E-state index contributed by atoms with van der Waals surface area (Å²) in [6.07, 6.45) is -9.24. The van der Waals surface area contributed by atoms with E-state index in [1.807, 2.05) is 0 Å². The molecule has 0 aromatic rings. The predicted octanol–water partition coefficient (Wildman–Crippen LogP) is -1.27. The van der Waals surface area contributed by atoms with Crippen LogP contribution in [0.3, 0.4) is 0 Å². The lowest BCUT2D eigenvalue weighted by Crippen LogP contribution is -2.49. The summed E-state index contributed by atoms with van der Waals surface area (Å²) in [4.78, 5) is 21.8. The minimum atomic E-state index is -2.33. The van der Waals surface area contributed by atoms with E-state index in [1.54, 1.807) is 6.92 Å². The first kappa shape index (κ1) is 18.7. The number of carbonyl (C=O) groups is 2. The van der Waals surface area contributed by atoms with Crippen molar-refractivity contribution < 1.29 is 42.3 Å². The summed E-state index contributed by atoms with van der Waals surface area (Å²) < 4.78 is 0. The Hall–Kier alpha value is -2.34. The Kier molecular flexibility index (Phi) is 8.48. The number of aliphatic carboxylic acids is 1. The van der Waals surface area contributed by atoms with Gasteiger partial charge in [-0.1, -0.05) is 11.8 Å². The second kappa shape index (κ2) is 9.55. The number of aliphatic hydroxyl groups excluding tert-OH is 4. The van der Waals surface area contributed by atoms with E-state index in [9.17, 15) is 24.9 Å². The molecule has 0 aliphatic heterocycles. The van der Waals surface area contributed by atoms with Crippen LogP contribution in [-0.4, -0.2) is 61.7 Å². The average molecular weight is 304 g/mol. The van der Waals surface area contributed by atoms with Crippen LogP contribution in [0.1, 0.15) is 20.5 Å². The molecule has 0 radical (unpaired) electrons. The van der Waals surface area contributed by atoms with Crippen molar-refractivity contribution in [3.8, 4) is 35.5 Å². The van der Waals surface area contributed by atoms with Crippen LogP contribution in [0.25, 0.3) is 0 Å². The van der Waals surface area contributed by atoms with E-state index in [1.165, 1.54) is 0 Å². The Labute approximate surface area is 128 Å². The van der Waals surface area contributed by atoms with Crippen LogP contribution in [0.5, 0.6) is 0 Å². The van der Waals surface area contributed by atoms with Gasteiger partial charge in [-0.3, -0.25) is 4.79 Å². The van der Waals surface area contributed by atoms with Gasteiger partial charge < -0.3 is 25.5 Å². The monoisotopic (exact) mass is 304 g/mol. The van der Waals surface area contributed by atoms with E-state index in [0.717, 1.165) is 0 Å². The molecule has 7 nitrogen and oxygen atoms in total. The van der Waals surface area contributed by atoms with Gasteiger partial charge in [0.05, 0.1) is 6.42 Å². The molecule has 21 heavy (non-hydrogen) atoms. The fourth-order valence-electron chi connectivity index (χ4n) is 1.12. The molecule has 0 fully saturated rings. The predicted molar refractivity (Wildman–Crippen MR) is 80.9 cm³/mol. The lowest BCUT2D eigenvalue weighted by molar-refractivity contribution is -0.165. The lowest BCUT2D eigenvalue weighted by atomic mass is 9.99. The number of hydrogen-bond acceptors (Lipinski definition) is 6.